The number of hydrogen-bond acceptors (Lipinski definition) is 2. The number of anilines is 1. The standard InChI is InChI=1S/C14H6Cl2F5NO2/c15-5-2-1-3-6(8(5)16)22-7(23)4-24-14-12(20)10(18)9(17)11(19)13(14)21/h1-3H,4H2,(H,22,23). The molecule has 0 unspecified atom stereocenters. The van der Waals surface area contributed by atoms with Crippen LogP contribution in [-0.4, -0.2) is 12.5 Å². The lowest BCUT2D eigenvalue weighted by Crippen LogP contribution is -2.21. The zero-order chi connectivity index (χ0) is 18.0. The molecule has 0 radical (unpaired) electrons. The number of halogens is 7. The molecule has 128 valence electrons. The molecule has 0 heterocycles. The summed E-state index contributed by atoms with van der Waals surface area (Å²) in [6.07, 6.45) is 0. The molecule has 2 aromatic carbocycles. The van der Waals surface area contributed by atoms with Crippen molar-refractivity contribution in [1.82, 2.24) is 0 Å². The van der Waals surface area contributed by atoms with Gasteiger partial charge in [-0.1, -0.05) is 29.3 Å². The van der Waals surface area contributed by atoms with Crippen molar-refractivity contribution in [2.75, 3.05) is 11.9 Å². The summed E-state index contributed by atoms with van der Waals surface area (Å²) in [6.45, 7) is -1.03. The zero-order valence-corrected chi connectivity index (χ0v) is 12.9. The van der Waals surface area contributed by atoms with Crippen LogP contribution >= 0.6 is 23.2 Å². The SMILES string of the molecule is O=C(COc1c(F)c(F)c(F)c(F)c1F)Nc1cccc(Cl)c1Cl. The fourth-order valence-corrected chi connectivity index (χ4v) is 1.98. The van der Waals surface area contributed by atoms with Crippen LogP contribution in [0.25, 0.3) is 0 Å². The van der Waals surface area contributed by atoms with Gasteiger partial charge in [0, 0.05) is 0 Å². The van der Waals surface area contributed by atoms with Gasteiger partial charge in [-0.3, -0.25) is 4.79 Å². The molecule has 3 nitrogen and oxygen atoms in total. The number of amides is 1. The number of nitrogens with one attached hydrogen (secondary N) is 1. The van der Waals surface area contributed by atoms with Crippen molar-refractivity contribution in [3.05, 3.63) is 57.3 Å². The van der Waals surface area contributed by atoms with Crippen LogP contribution in [0.2, 0.25) is 10.0 Å². The molecule has 2 rings (SSSR count). The first-order valence-electron chi connectivity index (χ1n) is 6.12. The van der Waals surface area contributed by atoms with Crippen molar-refractivity contribution in [3.63, 3.8) is 0 Å². The lowest BCUT2D eigenvalue weighted by atomic mass is 10.2. The van der Waals surface area contributed by atoms with Crippen LogP contribution in [0.15, 0.2) is 18.2 Å². The third-order valence-corrected chi connectivity index (χ3v) is 3.56. The fourth-order valence-electron chi connectivity index (χ4n) is 1.64. The minimum absolute atomic E-state index is 0.00347. The van der Waals surface area contributed by atoms with Gasteiger partial charge in [-0.05, 0) is 12.1 Å². The molecule has 0 aliphatic rings. The van der Waals surface area contributed by atoms with Gasteiger partial charge < -0.3 is 10.1 Å². The summed E-state index contributed by atoms with van der Waals surface area (Å²) >= 11 is 11.5. The summed E-state index contributed by atoms with van der Waals surface area (Å²) in [4.78, 5) is 11.7. The van der Waals surface area contributed by atoms with E-state index in [-0.39, 0.29) is 15.7 Å². The summed E-state index contributed by atoms with van der Waals surface area (Å²) in [5.41, 5.74) is 0.0789. The minimum Gasteiger partial charge on any atom is -0.477 e. The molecule has 0 saturated carbocycles. The molecule has 0 aliphatic carbocycles. The Balaban J connectivity index is 2.14. The molecule has 0 saturated heterocycles. The van der Waals surface area contributed by atoms with Gasteiger partial charge in [0.2, 0.25) is 29.1 Å². The Kier molecular flexibility index (Phi) is 5.51. The Morgan fingerprint density at radius 2 is 1.50 bits per heavy atom. The van der Waals surface area contributed by atoms with Gasteiger partial charge >= 0.3 is 0 Å². The molecular formula is C14H6Cl2F5NO2. The highest BCUT2D eigenvalue weighted by Crippen LogP contribution is 2.30. The zero-order valence-electron chi connectivity index (χ0n) is 11.4. The van der Waals surface area contributed by atoms with E-state index in [1.165, 1.54) is 18.2 Å². The van der Waals surface area contributed by atoms with Gasteiger partial charge in [0.25, 0.3) is 5.91 Å². The van der Waals surface area contributed by atoms with E-state index in [0.717, 1.165) is 0 Å². The Hall–Kier alpha value is -2.06. The molecule has 0 bridgehead atoms. The van der Waals surface area contributed by atoms with Crippen LogP contribution in [0.1, 0.15) is 0 Å². The summed E-state index contributed by atoms with van der Waals surface area (Å²) in [5.74, 6) is -13.6. The molecule has 1 amide bonds. The third kappa shape index (κ3) is 3.54. The van der Waals surface area contributed by atoms with Crippen molar-refractivity contribution >= 4 is 34.8 Å². The van der Waals surface area contributed by atoms with E-state index in [2.05, 4.69) is 10.1 Å². The average molecular weight is 386 g/mol. The first kappa shape index (κ1) is 18.3. The van der Waals surface area contributed by atoms with Crippen molar-refractivity contribution in [2.24, 2.45) is 0 Å². The number of benzene rings is 2. The van der Waals surface area contributed by atoms with Crippen molar-refractivity contribution in [2.45, 2.75) is 0 Å². The van der Waals surface area contributed by atoms with Gasteiger partial charge in [-0.25, -0.2) is 13.2 Å². The quantitative estimate of drug-likeness (QED) is 0.470. The lowest BCUT2D eigenvalue weighted by molar-refractivity contribution is -0.118. The number of hydrogen-bond donors (Lipinski definition) is 1. The van der Waals surface area contributed by atoms with Gasteiger partial charge in [-0.15, -0.1) is 0 Å². The highest BCUT2D eigenvalue weighted by atomic mass is 35.5. The maximum Gasteiger partial charge on any atom is 0.262 e. The monoisotopic (exact) mass is 385 g/mol. The van der Waals surface area contributed by atoms with Crippen molar-refractivity contribution in [1.29, 1.82) is 0 Å². The van der Waals surface area contributed by atoms with Gasteiger partial charge in [0.05, 0.1) is 15.7 Å². The summed E-state index contributed by atoms with van der Waals surface area (Å²) in [7, 11) is 0. The molecule has 0 fully saturated rings. The van der Waals surface area contributed by atoms with Crippen LogP contribution in [0.4, 0.5) is 27.6 Å². The summed E-state index contributed by atoms with van der Waals surface area (Å²) in [5, 5.41) is 2.35. The van der Waals surface area contributed by atoms with Crippen LogP contribution < -0.4 is 10.1 Å². The largest absolute Gasteiger partial charge is 0.477 e. The summed E-state index contributed by atoms with van der Waals surface area (Å²) < 4.78 is 70.0. The smallest absolute Gasteiger partial charge is 0.262 e. The van der Waals surface area contributed by atoms with E-state index in [4.69, 9.17) is 23.2 Å². The normalized spacial score (nSPS) is 10.6. The van der Waals surface area contributed by atoms with Crippen LogP contribution in [0.5, 0.6) is 5.75 Å². The maximum absolute atomic E-state index is 13.4. The van der Waals surface area contributed by atoms with Gasteiger partial charge in [0.15, 0.2) is 12.4 Å². The van der Waals surface area contributed by atoms with E-state index in [9.17, 15) is 26.7 Å². The first-order valence-corrected chi connectivity index (χ1v) is 6.87. The number of ether oxygens (including phenoxy) is 1. The first-order chi connectivity index (χ1) is 11.2. The molecule has 0 spiro atoms. The predicted octanol–water partition coefficient (Wildman–Crippen LogP) is 4.71. The topological polar surface area (TPSA) is 38.3 Å². The van der Waals surface area contributed by atoms with E-state index in [1.807, 2.05) is 0 Å². The van der Waals surface area contributed by atoms with Gasteiger partial charge in [0.1, 0.15) is 0 Å². The van der Waals surface area contributed by atoms with Crippen LogP contribution in [0.3, 0.4) is 0 Å². The second-order valence-corrected chi connectivity index (χ2v) is 5.12. The van der Waals surface area contributed by atoms with Gasteiger partial charge in [-0.2, -0.15) is 8.78 Å². The Labute approximate surface area is 141 Å². The molecule has 2 aromatic rings. The average Bonchev–Trinajstić information content (AvgIpc) is 2.55. The molecule has 0 aliphatic heterocycles. The van der Waals surface area contributed by atoms with Crippen molar-refractivity contribution < 1.29 is 31.5 Å². The Morgan fingerprint density at radius 1 is 0.958 bits per heavy atom. The molecule has 0 atom stereocenters. The lowest BCUT2D eigenvalue weighted by Gasteiger charge is -2.11. The number of carbonyl (C=O) groups excluding carboxylic acids is 1. The minimum atomic E-state index is -2.33. The predicted molar refractivity (Wildman–Crippen MR) is 76.8 cm³/mol. The van der Waals surface area contributed by atoms with E-state index in [1.54, 1.807) is 0 Å². The molecule has 24 heavy (non-hydrogen) atoms. The Morgan fingerprint density at radius 3 is 2.08 bits per heavy atom. The van der Waals surface area contributed by atoms with Crippen LogP contribution in [-0.2, 0) is 4.79 Å². The third-order valence-electron chi connectivity index (χ3n) is 2.74. The van der Waals surface area contributed by atoms with Crippen molar-refractivity contribution in [3.8, 4) is 5.75 Å². The summed E-state index contributed by atoms with van der Waals surface area (Å²) in [6, 6.07) is 4.30. The number of carbonyl (C=O) groups is 1. The van der Waals surface area contributed by atoms with E-state index < -0.39 is 47.3 Å². The highest BCUT2D eigenvalue weighted by Gasteiger charge is 2.27. The molecule has 1 N–H and O–H groups in total. The highest BCUT2D eigenvalue weighted by molar-refractivity contribution is 6.43. The number of rotatable bonds is 4. The maximum atomic E-state index is 13.4. The Bertz CT molecular complexity index is 787. The molecule has 10 heteroatoms. The fraction of sp³-hybridized carbons (Fsp3) is 0.0714. The van der Waals surface area contributed by atoms with E-state index in [0.29, 0.717) is 0 Å². The second kappa shape index (κ2) is 7.23. The second-order valence-electron chi connectivity index (χ2n) is 4.34. The molecule has 0 aromatic heterocycles. The van der Waals surface area contributed by atoms with Crippen LogP contribution in [0, 0.1) is 29.1 Å². The molecular weight excluding hydrogens is 380 g/mol. The van der Waals surface area contributed by atoms with E-state index >= 15 is 0 Å².